The van der Waals surface area contributed by atoms with Crippen LogP contribution in [0.25, 0.3) is 0 Å². The van der Waals surface area contributed by atoms with Crippen molar-refractivity contribution in [3.05, 3.63) is 29.8 Å². The van der Waals surface area contributed by atoms with Crippen molar-refractivity contribution in [2.45, 2.75) is 56.9 Å². The number of hydrogen-bond donors (Lipinski definition) is 1. The van der Waals surface area contributed by atoms with Gasteiger partial charge in [0, 0.05) is 44.6 Å². The number of carbonyl (C=O) groups is 2. The molecule has 8 nitrogen and oxygen atoms in total. The second kappa shape index (κ2) is 10.5. The van der Waals surface area contributed by atoms with Gasteiger partial charge in [-0.3, -0.25) is 9.59 Å². The third-order valence-electron chi connectivity index (χ3n) is 6.23. The Bertz CT molecular complexity index is 970. The molecule has 174 valence electrons. The minimum Gasteiger partial charge on any atom is -0.353 e. The average Bonchev–Trinajstić information content (AvgIpc) is 2.79. The van der Waals surface area contributed by atoms with Gasteiger partial charge in [-0.25, -0.2) is 8.42 Å². The zero-order chi connectivity index (χ0) is 23.3. The molecule has 0 bridgehead atoms. The number of hydrogen-bond acceptors (Lipinski definition) is 5. The van der Waals surface area contributed by atoms with E-state index in [0.717, 1.165) is 12.8 Å². The first-order valence-corrected chi connectivity index (χ1v) is 12.7. The molecular weight excluding hydrogens is 428 g/mol. The standard InChI is InChI=1S/C23H32N4O4S/c1-17(2)15-22(28)26-11-9-20(10-12-26)25-23(29)18-7-13-27(14-8-18)32(30,31)21-6-4-3-5-19(21)16-24/h3-6,17-18,20H,7-15H2,1-2H3,(H,25,29). The number of benzene rings is 1. The first kappa shape index (κ1) is 24.2. The summed E-state index contributed by atoms with van der Waals surface area (Å²) in [6, 6.07) is 8.18. The number of carbonyl (C=O) groups excluding carboxylic acids is 2. The Morgan fingerprint density at radius 1 is 1.09 bits per heavy atom. The molecule has 0 spiro atoms. The van der Waals surface area contributed by atoms with E-state index in [9.17, 15) is 23.3 Å². The van der Waals surface area contributed by atoms with Crippen molar-refractivity contribution in [3.63, 3.8) is 0 Å². The van der Waals surface area contributed by atoms with Crippen molar-refractivity contribution in [2.75, 3.05) is 26.2 Å². The predicted molar refractivity (Wildman–Crippen MR) is 120 cm³/mol. The topological polar surface area (TPSA) is 111 Å². The second-order valence-corrected chi connectivity index (χ2v) is 11.0. The van der Waals surface area contributed by atoms with Gasteiger partial charge in [0.15, 0.2) is 0 Å². The first-order valence-electron chi connectivity index (χ1n) is 11.3. The van der Waals surface area contributed by atoms with Crippen LogP contribution in [0.15, 0.2) is 29.2 Å². The molecule has 2 fully saturated rings. The van der Waals surface area contributed by atoms with Gasteiger partial charge in [-0.15, -0.1) is 0 Å². The van der Waals surface area contributed by atoms with Crippen LogP contribution in [0, 0.1) is 23.2 Å². The van der Waals surface area contributed by atoms with E-state index in [1.807, 2.05) is 24.8 Å². The van der Waals surface area contributed by atoms with Gasteiger partial charge in [0.05, 0.1) is 10.5 Å². The highest BCUT2D eigenvalue weighted by molar-refractivity contribution is 7.89. The van der Waals surface area contributed by atoms with Gasteiger partial charge in [-0.05, 0) is 43.7 Å². The van der Waals surface area contributed by atoms with E-state index in [1.165, 1.54) is 16.4 Å². The number of nitrogens with one attached hydrogen (secondary N) is 1. The van der Waals surface area contributed by atoms with Crippen molar-refractivity contribution in [3.8, 4) is 6.07 Å². The van der Waals surface area contributed by atoms with Crippen LogP contribution in [-0.2, 0) is 19.6 Å². The van der Waals surface area contributed by atoms with Crippen LogP contribution < -0.4 is 5.32 Å². The molecule has 1 aromatic rings. The van der Waals surface area contributed by atoms with Gasteiger partial charge in [0.2, 0.25) is 21.8 Å². The highest BCUT2D eigenvalue weighted by atomic mass is 32.2. The summed E-state index contributed by atoms with van der Waals surface area (Å²) in [6.45, 7) is 5.88. The Morgan fingerprint density at radius 2 is 1.72 bits per heavy atom. The van der Waals surface area contributed by atoms with Crippen molar-refractivity contribution < 1.29 is 18.0 Å². The summed E-state index contributed by atoms with van der Waals surface area (Å²) < 4.78 is 27.3. The normalized spacial score (nSPS) is 19.0. The number of rotatable bonds is 6. The van der Waals surface area contributed by atoms with Crippen molar-refractivity contribution in [1.82, 2.24) is 14.5 Å². The predicted octanol–water partition coefficient (Wildman–Crippen LogP) is 2.11. The second-order valence-electron chi connectivity index (χ2n) is 9.05. The van der Waals surface area contributed by atoms with E-state index in [2.05, 4.69) is 5.32 Å². The van der Waals surface area contributed by atoms with Gasteiger partial charge in [0.25, 0.3) is 0 Å². The molecule has 1 N–H and O–H groups in total. The van der Waals surface area contributed by atoms with E-state index in [0.29, 0.717) is 38.3 Å². The molecule has 9 heteroatoms. The third kappa shape index (κ3) is 5.67. The minimum atomic E-state index is -3.76. The van der Waals surface area contributed by atoms with E-state index >= 15 is 0 Å². The number of nitrogens with zero attached hydrogens (tertiary/aromatic N) is 3. The SMILES string of the molecule is CC(C)CC(=O)N1CCC(NC(=O)C2CCN(S(=O)(=O)c3ccccc3C#N)CC2)CC1. The monoisotopic (exact) mass is 460 g/mol. The number of sulfonamides is 1. The van der Waals surface area contributed by atoms with Crippen LogP contribution in [0.1, 0.15) is 51.5 Å². The smallest absolute Gasteiger partial charge is 0.244 e. The highest BCUT2D eigenvalue weighted by Crippen LogP contribution is 2.26. The Kier molecular flexibility index (Phi) is 7.91. The molecule has 3 rings (SSSR count). The van der Waals surface area contributed by atoms with Crippen molar-refractivity contribution in [2.24, 2.45) is 11.8 Å². The lowest BCUT2D eigenvalue weighted by Gasteiger charge is -2.35. The largest absolute Gasteiger partial charge is 0.353 e. The van der Waals surface area contributed by atoms with Gasteiger partial charge in [-0.2, -0.15) is 9.57 Å². The van der Waals surface area contributed by atoms with E-state index in [-0.39, 0.29) is 47.3 Å². The Labute approximate surface area is 190 Å². The molecular formula is C23H32N4O4S. The quantitative estimate of drug-likeness (QED) is 0.699. The molecule has 0 radical (unpaired) electrons. The molecule has 2 aliphatic heterocycles. The molecule has 2 amide bonds. The van der Waals surface area contributed by atoms with Crippen LogP contribution in [0.4, 0.5) is 0 Å². The van der Waals surface area contributed by atoms with Gasteiger partial charge >= 0.3 is 0 Å². The number of amides is 2. The van der Waals surface area contributed by atoms with Crippen molar-refractivity contribution in [1.29, 1.82) is 5.26 Å². The molecule has 0 aliphatic carbocycles. The number of likely N-dealkylation sites (tertiary alicyclic amines) is 1. The molecule has 0 atom stereocenters. The van der Waals surface area contributed by atoms with E-state index in [1.54, 1.807) is 12.1 Å². The average molecular weight is 461 g/mol. The Morgan fingerprint density at radius 3 is 2.31 bits per heavy atom. The molecule has 2 aliphatic rings. The van der Waals surface area contributed by atoms with Crippen LogP contribution in [0.2, 0.25) is 0 Å². The lowest BCUT2D eigenvalue weighted by Crippen LogP contribution is -2.49. The summed E-state index contributed by atoms with van der Waals surface area (Å²) in [4.78, 5) is 26.9. The fourth-order valence-corrected chi connectivity index (χ4v) is 5.96. The summed E-state index contributed by atoms with van der Waals surface area (Å²) in [6.07, 6.45) is 2.94. The van der Waals surface area contributed by atoms with Crippen LogP contribution in [-0.4, -0.2) is 61.7 Å². The zero-order valence-electron chi connectivity index (χ0n) is 18.8. The maximum Gasteiger partial charge on any atom is 0.244 e. The fraction of sp³-hybridized carbons (Fsp3) is 0.609. The summed E-state index contributed by atoms with van der Waals surface area (Å²) in [7, 11) is -3.76. The summed E-state index contributed by atoms with van der Waals surface area (Å²) in [5.74, 6) is 0.249. The van der Waals surface area contributed by atoms with Crippen LogP contribution in [0.5, 0.6) is 0 Å². The summed E-state index contributed by atoms with van der Waals surface area (Å²) in [5.41, 5.74) is 0.130. The number of piperidine rings is 2. The molecule has 2 saturated heterocycles. The lowest BCUT2D eigenvalue weighted by molar-refractivity contribution is -0.133. The summed E-state index contributed by atoms with van der Waals surface area (Å²) in [5, 5.41) is 12.3. The molecule has 0 unspecified atom stereocenters. The lowest BCUT2D eigenvalue weighted by atomic mass is 9.95. The Hall–Kier alpha value is -2.44. The fourth-order valence-electron chi connectivity index (χ4n) is 4.35. The van der Waals surface area contributed by atoms with Gasteiger partial charge in [-0.1, -0.05) is 26.0 Å². The van der Waals surface area contributed by atoms with Gasteiger partial charge in [0.1, 0.15) is 6.07 Å². The maximum atomic E-state index is 13.0. The van der Waals surface area contributed by atoms with Crippen molar-refractivity contribution >= 4 is 21.8 Å². The Balaban J connectivity index is 1.49. The highest BCUT2D eigenvalue weighted by Gasteiger charge is 2.34. The molecule has 0 aromatic heterocycles. The molecule has 0 saturated carbocycles. The van der Waals surface area contributed by atoms with E-state index < -0.39 is 10.0 Å². The molecule has 32 heavy (non-hydrogen) atoms. The van der Waals surface area contributed by atoms with Crippen LogP contribution >= 0.6 is 0 Å². The zero-order valence-corrected chi connectivity index (χ0v) is 19.6. The van der Waals surface area contributed by atoms with E-state index in [4.69, 9.17) is 0 Å². The first-order chi connectivity index (χ1) is 15.2. The summed E-state index contributed by atoms with van der Waals surface area (Å²) >= 11 is 0. The van der Waals surface area contributed by atoms with Crippen LogP contribution in [0.3, 0.4) is 0 Å². The minimum absolute atomic E-state index is 0.0178. The number of nitriles is 1. The molecule has 1 aromatic carbocycles. The van der Waals surface area contributed by atoms with Gasteiger partial charge < -0.3 is 10.2 Å². The maximum absolute atomic E-state index is 13.0. The molecule has 2 heterocycles. The third-order valence-corrected chi connectivity index (χ3v) is 8.18.